The van der Waals surface area contributed by atoms with Crippen LogP contribution in [0, 0.1) is 29.1 Å². The van der Waals surface area contributed by atoms with Crippen molar-refractivity contribution in [3.8, 4) is 0 Å². The zero-order chi connectivity index (χ0) is 12.5. The molecule has 0 amide bonds. The molecular weight excluding hydrogens is 236 g/mol. The molecule has 0 saturated carbocycles. The Kier molecular flexibility index (Phi) is 3.79. The van der Waals surface area contributed by atoms with Crippen LogP contribution in [0.2, 0.25) is 0 Å². The third-order valence-corrected chi connectivity index (χ3v) is 2.03. The summed E-state index contributed by atoms with van der Waals surface area (Å²) in [6.45, 7) is -1.03. The topological polar surface area (TPSA) is 26.0 Å². The van der Waals surface area contributed by atoms with Crippen molar-refractivity contribution < 1.29 is 26.3 Å². The molecule has 0 aliphatic rings. The summed E-state index contributed by atoms with van der Waals surface area (Å²) in [4.78, 5) is 0. The van der Waals surface area contributed by atoms with Crippen molar-refractivity contribution in [1.82, 2.24) is 0 Å². The van der Waals surface area contributed by atoms with Gasteiger partial charge in [-0.05, 0) is 6.42 Å². The SMILES string of the molecule is N[C@@H](CCF)c1c(F)c(F)c(F)c(F)c1F. The minimum absolute atomic E-state index is 0.529. The van der Waals surface area contributed by atoms with Crippen LogP contribution in [0.3, 0.4) is 0 Å². The number of halogens is 6. The van der Waals surface area contributed by atoms with Crippen molar-refractivity contribution in [2.75, 3.05) is 6.67 Å². The first-order valence-electron chi connectivity index (χ1n) is 4.24. The summed E-state index contributed by atoms with van der Waals surface area (Å²) < 4.78 is 76.0. The van der Waals surface area contributed by atoms with Gasteiger partial charge in [-0.15, -0.1) is 0 Å². The summed E-state index contributed by atoms with van der Waals surface area (Å²) in [6, 6.07) is -1.57. The van der Waals surface area contributed by atoms with Gasteiger partial charge in [-0.25, -0.2) is 22.0 Å². The monoisotopic (exact) mass is 243 g/mol. The molecule has 1 nitrogen and oxygen atoms in total. The molecule has 0 spiro atoms. The van der Waals surface area contributed by atoms with Crippen LogP contribution >= 0.6 is 0 Å². The Labute approximate surface area is 86.9 Å². The Hall–Kier alpha value is -1.24. The van der Waals surface area contributed by atoms with Gasteiger partial charge in [0.2, 0.25) is 5.82 Å². The molecule has 1 aromatic carbocycles. The lowest BCUT2D eigenvalue weighted by molar-refractivity contribution is 0.355. The van der Waals surface area contributed by atoms with E-state index >= 15 is 0 Å². The quantitative estimate of drug-likeness (QED) is 0.493. The zero-order valence-corrected chi connectivity index (χ0v) is 7.84. The summed E-state index contributed by atoms with van der Waals surface area (Å²) in [6.07, 6.45) is -0.529. The van der Waals surface area contributed by atoms with Gasteiger partial charge in [-0.2, -0.15) is 0 Å². The first-order valence-corrected chi connectivity index (χ1v) is 4.24. The second kappa shape index (κ2) is 4.73. The van der Waals surface area contributed by atoms with E-state index in [9.17, 15) is 26.3 Å². The summed E-state index contributed by atoms with van der Waals surface area (Å²) in [5.74, 6) is -10.5. The molecule has 0 radical (unpaired) electrons. The second-order valence-electron chi connectivity index (χ2n) is 3.07. The molecule has 16 heavy (non-hydrogen) atoms. The summed E-state index contributed by atoms with van der Waals surface area (Å²) >= 11 is 0. The van der Waals surface area contributed by atoms with Crippen molar-refractivity contribution >= 4 is 0 Å². The van der Waals surface area contributed by atoms with Crippen molar-refractivity contribution in [3.63, 3.8) is 0 Å². The van der Waals surface area contributed by atoms with Gasteiger partial charge >= 0.3 is 0 Å². The highest BCUT2D eigenvalue weighted by atomic mass is 19.2. The van der Waals surface area contributed by atoms with Crippen LogP contribution in [0.15, 0.2) is 0 Å². The van der Waals surface area contributed by atoms with Crippen LogP contribution in [0.25, 0.3) is 0 Å². The molecule has 0 heterocycles. The first kappa shape index (κ1) is 12.8. The largest absolute Gasteiger partial charge is 0.324 e. The maximum absolute atomic E-state index is 13.1. The smallest absolute Gasteiger partial charge is 0.200 e. The highest BCUT2D eigenvalue weighted by molar-refractivity contribution is 5.26. The van der Waals surface area contributed by atoms with Crippen LogP contribution < -0.4 is 5.73 Å². The summed E-state index contributed by atoms with van der Waals surface area (Å²) in [7, 11) is 0. The zero-order valence-electron chi connectivity index (χ0n) is 7.84. The lowest BCUT2D eigenvalue weighted by atomic mass is 10.0. The Morgan fingerprint density at radius 1 is 0.812 bits per heavy atom. The van der Waals surface area contributed by atoms with Gasteiger partial charge in [0, 0.05) is 11.6 Å². The fourth-order valence-corrected chi connectivity index (χ4v) is 1.21. The number of benzene rings is 1. The van der Waals surface area contributed by atoms with E-state index in [2.05, 4.69) is 0 Å². The van der Waals surface area contributed by atoms with E-state index in [-0.39, 0.29) is 0 Å². The molecule has 2 N–H and O–H groups in total. The fraction of sp³-hybridized carbons (Fsp3) is 0.333. The summed E-state index contributed by atoms with van der Waals surface area (Å²) in [5.41, 5.74) is 3.93. The predicted molar refractivity (Wildman–Crippen MR) is 43.8 cm³/mol. The average molecular weight is 243 g/mol. The molecule has 0 aliphatic heterocycles. The summed E-state index contributed by atoms with van der Waals surface area (Å²) in [5, 5.41) is 0. The van der Waals surface area contributed by atoms with Gasteiger partial charge in [0.15, 0.2) is 23.3 Å². The maximum atomic E-state index is 13.1. The third-order valence-electron chi connectivity index (χ3n) is 2.03. The van der Waals surface area contributed by atoms with Gasteiger partial charge in [0.05, 0.1) is 6.67 Å². The van der Waals surface area contributed by atoms with Crippen LogP contribution in [0.1, 0.15) is 18.0 Å². The predicted octanol–water partition coefficient (Wildman–Crippen LogP) is 2.74. The van der Waals surface area contributed by atoms with E-state index in [1.54, 1.807) is 0 Å². The third kappa shape index (κ3) is 1.99. The number of rotatable bonds is 3. The highest BCUT2D eigenvalue weighted by Crippen LogP contribution is 2.27. The second-order valence-corrected chi connectivity index (χ2v) is 3.07. The fourth-order valence-electron chi connectivity index (χ4n) is 1.21. The van der Waals surface area contributed by atoms with E-state index in [0.29, 0.717) is 0 Å². The van der Waals surface area contributed by atoms with E-state index in [1.807, 2.05) is 0 Å². The maximum Gasteiger partial charge on any atom is 0.200 e. The first-order chi connectivity index (χ1) is 7.41. The number of alkyl halides is 1. The van der Waals surface area contributed by atoms with Crippen LogP contribution in [-0.2, 0) is 0 Å². The van der Waals surface area contributed by atoms with Crippen molar-refractivity contribution in [1.29, 1.82) is 0 Å². The van der Waals surface area contributed by atoms with Gasteiger partial charge in [-0.3, -0.25) is 4.39 Å². The molecule has 0 bridgehead atoms. The lowest BCUT2D eigenvalue weighted by Gasteiger charge is -2.13. The number of hydrogen-bond donors (Lipinski definition) is 1. The Morgan fingerprint density at radius 3 is 1.56 bits per heavy atom. The molecule has 0 aromatic heterocycles. The number of nitrogens with two attached hydrogens (primary N) is 1. The Bertz CT molecular complexity index is 376. The number of hydrogen-bond acceptors (Lipinski definition) is 1. The molecule has 1 atom stereocenters. The minimum Gasteiger partial charge on any atom is -0.324 e. The molecule has 90 valence electrons. The normalized spacial score (nSPS) is 12.9. The lowest BCUT2D eigenvalue weighted by Crippen LogP contribution is -2.18. The van der Waals surface area contributed by atoms with Crippen molar-refractivity contribution in [3.05, 3.63) is 34.6 Å². The molecule has 7 heteroatoms. The van der Waals surface area contributed by atoms with Gasteiger partial charge in [0.25, 0.3) is 0 Å². The molecule has 0 aliphatic carbocycles. The van der Waals surface area contributed by atoms with Gasteiger partial charge < -0.3 is 5.73 Å². The molecule has 0 fully saturated rings. The van der Waals surface area contributed by atoms with E-state index in [0.717, 1.165) is 0 Å². The van der Waals surface area contributed by atoms with Crippen LogP contribution in [-0.4, -0.2) is 6.67 Å². The molecular formula is C9H7F6N. The Morgan fingerprint density at radius 2 is 1.19 bits per heavy atom. The van der Waals surface area contributed by atoms with Crippen LogP contribution in [0.5, 0.6) is 0 Å². The Balaban J connectivity index is 3.39. The average Bonchev–Trinajstić information content (AvgIpc) is 2.24. The van der Waals surface area contributed by atoms with Gasteiger partial charge in [0.1, 0.15) is 0 Å². The molecule has 1 aromatic rings. The van der Waals surface area contributed by atoms with Gasteiger partial charge in [-0.1, -0.05) is 0 Å². The molecule has 0 saturated heterocycles. The van der Waals surface area contributed by atoms with E-state index in [4.69, 9.17) is 5.73 Å². The molecule has 1 rings (SSSR count). The van der Waals surface area contributed by atoms with Crippen molar-refractivity contribution in [2.24, 2.45) is 5.73 Å². The highest BCUT2D eigenvalue weighted by Gasteiger charge is 2.28. The minimum atomic E-state index is -2.26. The molecule has 0 unspecified atom stereocenters. The van der Waals surface area contributed by atoms with Crippen molar-refractivity contribution in [2.45, 2.75) is 12.5 Å². The standard InChI is InChI=1S/C9H7F6N/c10-2-1-3(16)4-5(11)7(13)9(15)8(14)6(4)12/h3H,1-2,16H2/t3-/m0/s1. The van der Waals surface area contributed by atoms with E-state index in [1.165, 1.54) is 0 Å². The van der Waals surface area contributed by atoms with E-state index < -0.39 is 53.8 Å². The van der Waals surface area contributed by atoms with Crippen LogP contribution in [0.4, 0.5) is 26.3 Å².